The van der Waals surface area contributed by atoms with E-state index in [4.69, 9.17) is 11.6 Å². The smallest absolute Gasteiger partial charge is 0.222 e. The Morgan fingerprint density at radius 1 is 1.11 bits per heavy atom. The van der Waals surface area contributed by atoms with Gasteiger partial charge in [-0.1, -0.05) is 49.7 Å². The second-order valence-corrected chi connectivity index (χ2v) is 4.91. The van der Waals surface area contributed by atoms with E-state index in [2.05, 4.69) is 53.4 Å². The molecule has 0 bridgehead atoms. The van der Waals surface area contributed by atoms with Crippen LogP contribution in [0.2, 0.25) is 5.02 Å². The van der Waals surface area contributed by atoms with Gasteiger partial charge in [-0.25, -0.2) is 9.97 Å². The van der Waals surface area contributed by atoms with Crippen molar-refractivity contribution in [3.63, 3.8) is 0 Å². The Morgan fingerprint density at radius 3 is 2.28 bits per heavy atom. The SMILES string of the molecule is CC(C)c1ccc(CNc2ncc(Cl)cn2)cc1. The molecule has 94 valence electrons. The molecule has 0 unspecified atom stereocenters. The van der Waals surface area contributed by atoms with Crippen LogP contribution in [0.3, 0.4) is 0 Å². The molecule has 2 aromatic rings. The van der Waals surface area contributed by atoms with Gasteiger partial charge in [0.25, 0.3) is 0 Å². The molecule has 1 aromatic heterocycles. The predicted molar refractivity (Wildman–Crippen MR) is 74.9 cm³/mol. The third-order valence-corrected chi connectivity index (χ3v) is 2.91. The van der Waals surface area contributed by atoms with Gasteiger partial charge in [-0.05, 0) is 17.0 Å². The highest BCUT2D eigenvalue weighted by atomic mass is 35.5. The maximum Gasteiger partial charge on any atom is 0.222 e. The molecule has 0 fully saturated rings. The summed E-state index contributed by atoms with van der Waals surface area (Å²) in [6.45, 7) is 5.09. The molecular formula is C14H16ClN3. The molecule has 3 nitrogen and oxygen atoms in total. The lowest BCUT2D eigenvalue weighted by Crippen LogP contribution is -2.03. The van der Waals surface area contributed by atoms with Gasteiger partial charge in [-0.2, -0.15) is 0 Å². The van der Waals surface area contributed by atoms with Gasteiger partial charge in [-0.15, -0.1) is 0 Å². The van der Waals surface area contributed by atoms with Crippen LogP contribution in [0.5, 0.6) is 0 Å². The Balaban J connectivity index is 1.95. The van der Waals surface area contributed by atoms with E-state index in [1.54, 1.807) is 12.4 Å². The number of anilines is 1. The maximum atomic E-state index is 5.72. The van der Waals surface area contributed by atoms with Crippen LogP contribution < -0.4 is 5.32 Å². The lowest BCUT2D eigenvalue weighted by Gasteiger charge is -2.08. The average molecular weight is 262 g/mol. The molecule has 0 amide bonds. The van der Waals surface area contributed by atoms with Gasteiger partial charge in [0.2, 0.25) is 5.95 Å². The van der Waals surface area contributed by atoms with Crippen molar-refractivity contribution in [2.75, 3.05) is 5.32 Å². The van der Waals surface area contributed by atoms with Gasteiger partial charge in [-0.3, -0.25) is 0 Å². The molecule has 0 radical (unpaired) electrons. The lowest BCUT2D eigenvalue weighted by atomic mass is 10.0. The topological polar surface area (TPSA) is 37.8 Å². The van der Waals surface area contributed by atoms with E-state index in [-0.39, 0.29) is 0 Å². The number of halogens is 1. The van der Waals surface area contributed by atoms with Crippen LogP contribution in [0, 0.1) is 0 Å². The van der Waals surface area contributed by atoms with E-state index in [0.717, 1.165) is 0 Å². The van der Waals surface area contributed by atoms with Crippen LogP contribution in [0.4, 0.5) is 5.95 Å². The number of hydrogen-bond donors (Lipinski definition) is 1. The molecule has 0 saturated heterocycles. The molecule has 0 aliphatic rings. The number of benzene rings is 1. The summed E-state index contributed by atoms with van der Waals surface area (Å²) in [5.41, 5.74) is 2.56. The van der Waals surface area contributed by atoms with Gasteiger partial charge in [0.1, 0.15) is 0 Å². The highest BCUT2D eigenvalue weighted by molar-refractivity contribution is 6.30. The fourth-order valence-corrected chi connectivity index (χ4v) is 1.70. The summed E-state index contributed by atoms with van der Waals surface area (Å²) < 4.78 is 0. The number of hydrogen-bond acceptors (Lipinski definition) is 3. The Labute approximate surface area is 112 Å². The molecular weight excluding hydrogens is 246 g/mol. The van der Waals surface area contributed by atoms with Gasteiger partial charge >= 0.3 is 0 Å². The maximum absolute atomic E-state index is 5.72. The van der Waals surface area contributed by atoms with Gasteiger partial charge in [0.05, 0.1) is 17.4 Å². The fraction of sp³-hybridized carbons (Fsp3) is 0.286. The van der Waals surface area contributed by atoms with Crippen LogP contribution in [0.1, 0.15) is 30.9 Å². The molecule has 0 aliphatic heterocycles. The van der Waals surface area contributed by atoms with E-state index in [9.17, 15) is 0 Å². The summed E-state index contributed by atoms with van der Waals surface area (Å²) >= 11 is 5.72. The number of nitrogens with one attached hydrogen (secondary N) is 1. The van der Waals surface area contributed by atoms with Gasteiger partial charge < -0.3 is 5.32 Å². The van der Waals surface area contributed by atoms with Crippen molar-refractivity contribution >= 4 is 17.5 Å². The molecule has 1 aromatic carbocycles. The van der Waals surface area contributed by atoms with E-state index < -0.39 is 0 Å². The first kappa shape index (κ1) is 12.8. The summed E-state index contributed by atoms with van der Waals surface area (Å²) in [4.78, 5) is 8.17. The fourth-order valence-electron chi connectivity index (χ4n) is 1.61. The minimum absolute atomic E-state index is 0.543. The third kappa shape index (κ3) is 3.44. The summed E-state index contributed by atoms with van der Waals surface area (Å²) in [5.74, 6) is 1.15. The van der Waals surface area contributed by atoms with E-state index >= 15 is 0 Å². The summed E-state index contributed by atoms with van der Waals surface area (Å²) in [7, 11) is 0. The summed E-state index contributed by atoms with van der Waals surface area (Å²) in [6.07, 6.45) is 3.16. The van der Waals surface area contributed by atoms with Crippen LogP contribution in [-0.4, -0.2) is 9.97 Å². The Morgan fingerprint density at radius 2 is 1.72 bits per heavy atom. The predicted octanol–water partition coefficient (Wildman–Crippen LogP) is 3.87. The minimum atomic E-state index is 0.543. The molecule has 0 spiro atoms. The highest BCUT2D eigenvalue weighted by Crippen LogP contribution is 2.15. The molecule has 2 rings (SSSR count). The summed E-state index contributed by atoms with van der Waals surface area (Å²) in [6, 6.07) is 8.56. The van der Waals surface area contributed by atoms with Crippen molar-refractivity contribution in [1.29, 1.82) is 0 Å². The second kappa shape index (κ2) is 5.83. The third-order valence-electron chi connectivity index (χ3n) is 2.72. The largest absolute Gasteiger partial charge is 0.350 e. The van der Waals surface area contributed by atoms with Crippen molar-refractivity contribution in [1.82, 2.24) is 9.97 Å². The first-order valence-corrected chi connectivity index (χ1v) is 6.33. The minimum Gasteiger partial charge on any atom is -0.350 e. The Kier molecular flexibility index (Phi) is 4.15. The van der Waals surface area contributed by atoms with Crippen molar-refractivity contribution in [2.45, 2.75) is 26.3 Å². The van der Waals surface area contributed by atoms with Crippen molar-refractivity contribution in [3.8, 4) is 0 Å². The number of rotatable bonds is 4. The molecule has 0 saturated carbocycles. The first-order chi connectivity index (χ1) is 8.65. The first-order valence-electron chi connectivity index (χ1n) is 5.95. The monoisotopic (exact) mass is 261 g/mol. The van der Waals surface area contributed by atoms with E-state index in [0.29, 0.717) is 23.4 Å². The zero-order chi connectivity index (χ0) is 13.0. The molecule has 18 heavy (non-hydrogen) atoms. The van der Waals surface area contributed by atoms with Crippen LogP contribution in [0.15, 0.2) is 36.7 Å². The molecule has 0 atom stereocenters. The Hall–Kier alpha value is -1.61. The van der Waals surface area contributed by atoms with Crippen LogP contribution in [-0.2, 0) is 6.54 Å². The molecule has 0 aliphatic carbocycles. The van der Waals surface area contributed by atoms with Crippen LogP contribution >= 0.6 is 11.6 Å². The van der Waals surface area contributed by atoms with Gasteiger partial charge in [0, 0.05) is 6.54 Å². The Bertz CT molecular complexity index is 491. The average Bonchev–Trinajstić information content (AvgIpc) is 2.38. The molecule has 1 N–H and O–H groups in total. The van der Waals surface area contributed by atoms with E-state index in [1.807, 2.05) is 0 Å². The number of aromatic nitrogens is 2. The lowest BCUT2D eigenvalue weighted by molar-refractivity contribution is 0.865. The van der Waals surface area contributed by atoms with Crippen molar-refractivity contribution in [3.05, 3.63) is 52.8 Å². The quantitative estimate of drug-likeness (QED) is 0.908. The molecule has 4 heteroatoms. The van der Waals surface area contributed by atoms with Crippen LogP contribution in [0.25, 0.3) is 0 Å². The highest BCUT2D eigenvalue weighted by Gasteiger charge is 2.00. The zero-order valence-electron chi connectivity index (χ0n) is 10.5. The number of nitrogens with zero attached hydrogens (tertiary/aromatic N) is 2. The summed E-state index contributed by atoms with van der Waals surface area (Å²) in [5, 5.41) is 3.70. The second-order valence-electron chi connectivity index (χ2n) is 4.47. The molecule has 1 heterocycles. The standard InChI is InChI=1S/C14H16ClN3/c1-10(2)12-5-3-11(4-6-12)7-16-14-17-8-13(15)9-18-14/h3-6,8-10H,7H2,1-2H3,(H,16,17,18). The van der Waals surface area contributed by atoms with Crippen molar-refractivity contribution in [2.24, 2.45) is 0 Å². The van der Waals surface area contributed by atoms with E-state index in [1.165, 1.54) is 11.1 Å². The van der Waals surface area contributed by atoms with Crippen molar-refractivity contribution < 1.29 is 0 Å². The van der Waals surface area contributed by atoms with Gasteiger partial charge in [0.15, 0.2) is 0 Å². The zero-order valence-corrected chi connectivity index (χ0v) is 11.3. The normalized spacial score (nSPS) is 10.7.